The minimum absolute atomic E-state index is 0.179. The third-order valence-electron chi connectivity index (χ3n) is 3.01. The van der Waals surface area contributed by atoms with Gasteiger partial charge in [0, 0.05) is 12.8 Å². The van der Waals surface area contributed by atoms with Crippen LogP contribution in [0.5, 0.6) is 0 Å². The van der Waals surface area contributed by atoms with Crippen LogP contribution in [0.15, 0.2) is 6.33 Å². The number of carbonyl (C=O) groups is 1. The van der Waals surface area contributed by atoms with Gasteiger partial charge < -0.3 is 14.4 Å². The summed E-state index contributed by atoms with van der Waals surface area (Å²) in [4.78, 5) is 15.4. The van der Waals surface area contributed by atoms with Crippen LogP contribution in [0.1, 0.15) is 30.3 Å². The number of carboxylic acids is 1. The fourth-order valence-corrected chi connectivity index (χ4v) is 2.19. The number of hydrogen-bond acceptors (Lipinski definition) is 3. The molecule has 5 heteroatoms. The molecule has 0 radical (unpaired) electrons. The molecular formula is C11H16N2O3. The number of aromatic nitrogens is 2. The lowest BCUT2D eigenvalue weighted by atomic mass is 10.0. The molecule has 1 unspecified atom stereocenters. The van der Waals surface area contributed by atoms with Crippen LogP contribution >= 0.6 is 0 Å². The topological polar surface area (TPSA) is 64.3 Å². The third-order valence-corrected chi connectivity index (χ3v) is 3.01. The van der Waals surface area contributed by atoms with Crippen LogP contribution < -0.4 is 0 Å². The maximum atomic E-state index is 11.1. The molecule has 0 aliphatic heterocycles. The van der Waals surface area contributed by atoms with Gasteiger partial charge in [-0.3, -0.25) is 0 Å². The minimum atomic E-state index is -0.868. The zero-order valence-electron chi connectivity index (χ0n) is 9.35. The number of hydrogen-bond donors (Lipinski definition) is 1. The second kappa shape index (κ2) is 4.65. The molecule has 1 aliphatic rings. The van der Waals surface area contributed by atoms with Crippen LogP contribution in [-0.2, 0) is 22.4 Å². The average molecular weight is 224 g/mol. The van der Waals surface area contributed by atoms with E-state index in [0.29, 0.717) is 0 Å². The van der Waals surface area contributed by atoms with Crippen LogP contribution in [0.4, 0.5) is 0 Å². The first-order valence-electron chi connectivity index (χ1n) is 5.50. The molecule has 1 N–H and O–H groups in total. The molecule has 0 bridgehead atoms. The zero-order chi connectivity index (χ0) is 11.5. The average Bonchev–Trinajstić information content (AvgIpc) is 2.69. The van der Waals surface area contributed by atoms with Gasteiger partial charge in [0.2, 0.25) is 0 Å². The van der Waals surface area contributed by atoms with E-state index in [-0.39, 0.29) is 6.61 Å². The Morgan fingerprint density at radius 2 is 2.38 bits per heavy atom. The van der Waals surface area contributed by atoms with Gasteiger partial charge in [0.05, 0.1) is 18.6 Å². The lowest BCUT2D eigenvalue weighted by Crippen LogP contribution is -2.25. The number of aliphatic carboxylic acids is 1. The van der Waals surface area contributed by atoms with Gasteiger partial charge in [-0.2, -0.15) is 0 Å². The highest BCUT2D eigenvalue weighted by molar-refractivity contribution is 5.72. The van der Waals surface area contributed by atoms with Crippen molar-refractivity contribution >= 4 is 5.97 Å². The number of ether oxygens (including phenoxy) is 1. The van der Waals surface area contributed by atoms with E-state index in [1.54, 1.807) is 10.9 Å². The van der Waals surface area contributed by atoms with Crippen molar-refractivity contribution < 1.29 is 14.6 Å². The van der Waals surface area contributed by atoms with Gasteiger partial charge in [-0.25, -0.2) is 9.78 Å². The van der Waals surface area contributed by atoms with Crippen LogP contribution in [0.3, 0.4) is 0 Å². The molecule has 2 rings (SSSR count). The molecule has 0 saturated heterocycles. The molecule has 0 amide bonds. The molecule has 88 valence electrons. The number of carboxylic acid groups (broad SMARTS) is 1. The Hall–Kier alpha value is -1.36. The van der Waals surface area contributed by atoms with E-state index in [4.69, 9.17) is 9.84 Å². The first-order valence-corrected chi connectivity index (χ1v) is 5.50. The van der Waals surface area contributed by atoms with E-state index in [9.17, 15) is 4.79 Å². The lowest BCUT2D eigenvalue weighted by molar-refractivity contribution is -0.142. The molecule has 1 aliphatic carbocycles. The number of fused-ring (bicyclic) bond motifs is 1. The minimum Gasteiger partial charge on any atom is -0.480 e. The van der Waals surface area contributed by atoms with E-state index >= 15 is 0 Å². The quantitative estimate of drug-likeness (QED) is 0.829. The van der Waals surface area contributed by atoms with Gasteiger partial charge in [0.1, 0.15) is 0 Å². The first-order chi connectivity index (χ1) is 7.74. The summed E-state index contributed by atoms with van der Waals surface area (Å²) in [5, 5.41) is 9.15. The van der Waals surface area contributed by atoms with Crippen LogP contribution in [0.25, 0.3) is 0 Å². The summed E-state index contributed by atoms with van der Waals surface area (Å²) < 4.78 is 6.70. The largest absolute Gasteiger partial charge is 0.480 e. The maximum Gasteiger partial charge on any atom is 0.329 e. The second-order valence-corrected chi connectivity index (χ2v) is 4.06. The van der Waals surface area contributed by atoms with E-state index in [1.807, 2.05) is 0 Å². The van der Waals surface area contributed by atoms with Gasteiger partial charge in [0.25, 0.3) is 0 Å². The SMILES string of the molecule is COCC(C(=O)O)n1cnc2c1CCCC2. The normalized spacial score (nSPS) is 16.8. The Kier molecular flexibility index (Phi) is 3.24. The van der Waals surface area contributed by atoms with E-state index in [0.717, 1.165) is 37.1 Å². The van der Waals surface area contributed by atoms with E-state index in [2.05, 4.69) is 4.98 Å². The van der Waals surface area contributed by atoms with E-state index < -0.39 is 12.0 Å². The summed E-state index contributed by atoms with van der Waals surface area (Å²) in [7, 11) is 1.51. The van der Waals surface area contributed by atoms with Crippen molar-refractivity contribution in [1.29, 1.82) is 0 Å². The highest BCUT2D eigenvalue weighted by Crippen LogP contribution is 2.23. The molecule has 1 aromatic rings. The number of methoxy groups -OCH3 is 1. The Bertz CT molecular complexity index is 387. The molecule has 0 saturated carbocycles. The Morgan fingerprint density at radius 1 is 1.62 bits per heavy atom. The summed E-state index contributed by atoms with van der Waals surface area (Å²) in [5.41, 5.74) is 2.12. The smallest absolute Gasteiger partial charge is 0.329 e. The zero-order valence-corrected chi connectivity index (χ0v) is 9.35. The maximum absolute atomic E-state index is 11.1. The highest BCUT2D eigenvalue weighted by Gasteiger charge is 2.25. The third kappa shape index (κ3) is 1.95. The van der Waals surface area contributed by atoms with Crippen LogP contribution in [0, 0.1) is 0 Å². The van der Waals surface area contributed by atoms with Crippen molar-refractivity contribution in [3.8, 4) is 0 Å². The second-order valence-electron chi connectivity index (χ2n) is 4.06. The first kappa shape index (κ1) is 11.1. The van der Waals surface area contributed by atoms with Crippen LogP contribution in [-0.4, -0.2) is 34.3 Å². The summed E-state index contributed by atoms with van der Waals surface area (Å²) in [6.07, 6.45) is 5.77. The monoisotopic (exact) mass is 224 g/mol. The fraction of sp³-hybridized carbons (Fsp3) is 0.636. The molecular weight excluding hydrogens is 208 g/mol. The Morgan fingerprint density at radius 3 is 3.06 bits per heavy atom. The van der Waals surface area contributed by atoms with Gasteiger partial charge in [-0.15, -0.1) is 0 Å². The van der Waals surface area contributed by atoms with Gasteiger partial charge in [-0.05, 0) is 25.7 Å². The van der Waals surface area contributed by atoms with Crippen molar-refractivity contribution in [1.82, 2.24) is 9.55 Å². The summed E-state index contributed by atoms with van der Waals surface area (Å²) >= 11 is 0. The molecule has 1 atom stereocenters. The predicted octanol–water partition coefficient (Wildman–Crippen LogP) is 1.03. The number of aryl methyl sites for hydroxylation is 1. The summed E-state index contributed by atoms with van der Waals surface area (Å²) in [6.45, 7) is 0.179. The number of imidazole rings is 1. The van der Waals surface area contributed by atoms with Crippen molar-refractivity contribution in [2.75, 3.05) is 13.7 Å². The summed E-state index contributed by atoms with van der Waals surface area (Å²) in [5.74, 6) is -0.868. The number of rotatable bonds is 4. The fourth-order valence-electron chi connectivity index (χ4n) is 2.19. The highest BCUT2D eigenvalue weighted by atomic mass is 16.5. The van der Waals surface area contributed by atoms with Crippen LogP contribution in [0.2, 0.25) is 0 Å². The summed E-state index contributed by atoms with van der Waals surface area (Å²) in [6, 6.07) is -0.653. The molecule has 0 fully saturated rings. The number of nitrogens with zero attached hydrogens (tertiary/aromatic N) is 2. The Balaban J connectivity index is 2.30. The Labute approximate surface area is 94.1 Å². The van der Waals surface area contributed by atoms with Crippen molar-refractivity contribution in [2.45, 2.75) is 31.7 Å². The molecule has 5 nitrogen and oxygen atoms in total. The van der Waals surface area contributed by atoms with Gasteiger partial charge in [-0.1, -0.05) is 0 Å². The molecule has 0 aromatic carbocycles. The molecule has 16 heavy (non-hydrogen) atoms. The van der Waals surface area contributed by atoms with Gasteiger partial charge in [0.15, 0.2) is 6.04 Å². The molecule has 1 aromatic heterocycles. The standard InChI is InChI=1S/C11H16N2O3/c1-16-6-10(11(14)15)13-7-12-8-4-2-3-5-9(8)13/h7,10H,2-6H2,1H3,(H,14,15). The lowest BCUT2D eigenvalue weighted by Gasteiger charge is -2.18. The molecule has 1 heterocycles. The molecule has 0 spiro atoms. The van der Waals surface area contributed by atoms with Gasteiger partial charge >= 0.3 is 5.97 Å². The van der Waals surface area contributed by atoms with E-state index in [1.165, 1.54) is 7.11 Å². The van der Waals surface area contributed by atoms with Crippen molar-refractivity contribution in [3.05, 3.63) is 17.7 Å². The predicted molar refractivity (Wildman–Crippen MR) is 57.4 cm³/mol. The van der Waals surface area contributed by atoms with Crippen molar-refractivity contribution in [3.63, 3.8) is 0 Å². The van der Waals surface area contributed by atoms with Crippen molar-refractivity contribution in [2.24, 2.45) is 0 Å².